The van der Waals surface area contributed by atoms with Crippen molar-refractivity contribution < 1.29 is 23.1 Å². The number of benzene rings is 1. The lowest BCUT2D eigenvalue weighted by atomic mass is 10.0. The lowest BCUT2D eigenvalue weighted by Crippen LogP contribution is -2.43. The highest BCUT2D eigenvalue weighted by molar-refractivity contribution is 7.89. The molecule has 1 amide bonds. The van der Waals surface area contributed by atoms with Crippen molar-refractivity contribution in [1.29, 1.82) is 0 Å². The van der Waals surface area contributed by atoms with Crippen LogP contribution in [0.3, 0.4) is 0 Å². The Morgan fingerprint density at radius 3 is 2.38 bits per heavy atom. The lowest BCUT2D eigenvalue weighted by molar-refractivity contribution is -0.143. The smallest absolute Gasteiger partial charge is 0.327 e. The second-order valence-electron chi connectivity index (χ2n) is 5.15. The van der Waals surface area contributed by atoms with Crippen molar-refractivity contribution in [3.8, 4) is 0 Å². The van der Waals surface area contributed by atoms with Gasteiger partial charge in [-0.15, -0.1) is 0 Å². The third-order valence-corrected chi connectivity index (χ3v) is 5.53. The van der Waals surface area contributed by atoms with E-state index in [-0.39, 0.29) is 11.3 Å². The molecule has 1 aromatic rings. The molecule has 0 saturated carbocycles. The Hall–Kier alpha value is -1.89. The number of aryl methyl sites for hydroxylation is 1. The fourth-order valence-electron chi connectivity index (χ4n) is 2.45. The number of carbonyl (C=O) groups excluding carboxylic acids is 1. The van der Waals surface area contributed by atoms with Crippen LogP contribution in [0.4, 0.5) is 0 Å². The zero-order valence-corrected chi connectivity index (χ0v) is 12.6. The summed E-state index contributed by atoms with van der Waals surface area (Å²) in [6.07, 6.45) is 0.443. The molecule has 6 nitrogen and oxygen atoms in total. The highest BCUT2D eigenvalue weighted by Gasteiger charge is 2.48. The molecule has 1 N–H and O–H groups in total. The second kappa shape index (κ2) is 5.48. The molecule has 0 radical (unpaired) electrons. The van der Waals surface area contributed by atoms with E-state index in [4.69, 9.17) is 0 Å². The molecule has 1 aromatic carbocycles. The molecule has 1 aliphatic rings. The predicted molar refractivity (Wildman–Crippen MR) is 75.0 cm³/mol. The first-order chi connectivity index (χ1) is 9.78. The number of hydrogen-bond donors (Lipinski definition) is 1. The highest BCUT2D eigenvalue weighted by Crippen LogP contribution is 2.32. The molecule has 7 heteroatoms. The van der Waals surface area contributed by atoms with Gasteiger partial charge in [-0.25, -0.2) is 17.5 Å². The van der Waals surface area contributed by atoms with Gasteiger partial charge in [-0.2, -0.15) is 0 Å². The van der Waals surface area contributed by atoms with Crippen LogP contribution in [0.2, 0.25) is 0 Å². The molecule has 0 bridgehead atoms. The second-order valence-corrected chi connectivity index (χ2v) is 6.96. The van der Waals surface area contributed by atoms with Crippen LogP contribution in [0, 0.1) is 12.8 Å². The summed E-state index contributed by atoms with van der Waals surface area (Å²) in [5.74, 6) is -2.49. The molecule has 1 fully saturated rings. The third kappa shape index (κ3) is 2.65. The Morgan fingerprint density at radius 1 is 1.33 bits per heavy atom. The van der Waals surface area contributed by atoms with Crippen LogP contribution in [0.15, 0.2) is 29.2 Å². The highest BCUT2D eigenvalue weighted by atomic mass is 32.2. The van der Waals surface area contributed by atoms with Crippen molar-refractivity contribution in [1.82, 2.24) is 4.31 Å². The molecule has 1 aliphatic heterocycles. The van der Waals surface area contributed by atoms with Gasteiger partial charge in [0.1, 0.15) is 6.04 Å². The fraction of sp³-hybridized carbons (Fsp3) is 0.429. The van der Waals surface area contributed by atoms with Crippen LogP contribution < -0.4 is 0 Å². The molecule has 2 unspecified atom stereocenters. The van der Waals surface area contributed by atoms with Crippen molar-refractivity contribution in [2.45, 2.75) is 37.6 Å². The first-order valence-corrected chi connectivity index (χ1v) is 8.10. The summed E-state index contributed by atoms with van der Waals surface area (Å²) in [4.78, 5) is 23.4. The van der Waals surface area contributed by atoms with E-state index in [1.54, 1.807) is 19.1 Å². The average molecular weight is 311 g/mol. The minimum absolute atomic E-state index is 0.0236. The minimum Gasteiger partial charge on any atom is -0.480 e. The van der Waals surface area contributed by atoms with Gasteiger partial charge in [0.15, 0.2) is 0 Å². The van der Waals surface area contributed by atoms with Gasteiger partial charge in [0.2, 0.25) is 5.91 Å². The third-order valence-electron chi connectivity index (χ3n) is 3.71. The van der Waals surface area contributed by atoms with Gasteiger partial charge >= 0.3 is 5.97 Å². The van der Waals surface area contributed by atoms with E-state index in [0.29, 0.717) is 10.7 Å². The Kier molecular flexibility index (Phi) is 4.04. The summed E-state index contributed by atoms with van der Waals surface area (Å²) in [5.41, 5.74) is 0.878. The van der Waals surface area contributed by atoms with Crippen molar-refractivity contribution in [3.05, 3.63) is 29.8 Å². The maximum atomic E-state index is 12.6. The average Bonchev–Trinajstić information content (AvgIpc) is 2.77. The number of nitrogens with zero attached hydrogens (tertiary/aromatic N) is 1. The summed E-state index contributed by atoms with van der Waals surface area (Å²) in [5, 5.41) is 9.21. The Labute approximate surface area is 123 Å². The Balaban J connectivity index is 2.48. The summed E-state index contributed by atoms with van der Waals surface area (Å²) < 4.78 is 25.7. The van der Waals surface area contributed by atoms with Gasteiger partial charge in [-0.3, -0.25) is 4.79 Å². The molecular formula is C14H17NO5S. The fourth-order valence-corrected chi connectivity index (χ4v) is 4.06. The van der Waals surface area contributed by atoms with Crippen molar-refractivity contribution in [3.63, 3.8) is 0 Å². The van der Waals surface area contributed by atoms with Crippen LogP contribution in [0.1, 0.15) is 25.3 Å². The molecule has 2 rings (SSSR count). The standard InChI is InChI=1S/C14H17NO5S/c1-3-10-8-12(14(17)18)15(13(10)16)21(19,20)11-6-4-9(2)5-7-11/h4-7,10,12H,3,8H2,1-2H3,(H,17,18). The first-order valence-electron chi connectivity index (χ1n) is 6.66. The molecule has 0 aliphatic carbocycles. The molecular weight excluding hydrogens is 294 g/mol. The van der Waals surface area contributed by atoms with Gasteiger partial charge in [0.05, 0.1) is 4.90 Å². The van der Waals surface area contributed by atoms with Gasteiger partial charge in [-0.1, -0.05) is 24.6 Å². The summed E-state index contributed by atoms with van der Waals surface area (Å²) in [6, 6.07) is 4.67. The van der Waals surface area contributed by atoms with Crippen LogP contribution in [-0.2, 0) is 19.6 Å². The topological polar surface area (TPSA) is 91.8 Å². The summed E-state index contributed by atoms with van der Waals surface area (Å²) in [7, 11) is -4.14. The summed E-state index contributed by atoms with van der Waals surface area (Å²) >= 11 is 0. The van der Waals surface area contributed by atoms with Gasteiger partial charge in [-0.05, 0) is 31.9 Å². The van der Waals surface area contributed by atoms with Gasteiger partial charge in [0, 0.05) is 5.92 Å². The normalized spacial score (nSPS) is 22.6. The maximum absolute atomic E-state index is 12.6. The van der Waals surface area contributed by atoms with Crippen molar-refractivity contribution in [2.24, 2.45) is 5.92 Å². The monoisotopic (exact) mass is 311 g/mol. The number of carbonyl (C=O) groups is 2. The number of carboxylic acids is 1. The number of rotatable bonds is 4. The predicted octanol–water partition coefficient (Wildman–Crippen LogP) is 1.40. The molecule has 0 spiro atoms. The summed E-state index contributed by atoms with van der Waals surface area (Å²) in [6.45, 7) is 3.55. The largest absolute Gasteiger partial charge is 0.480 e. The van der Waals surface area contributed by atoms with E-state index in [1.807, 2.05) is 6.92 Å². The number of sulfonamides is 1. The van der Waals surface area contributed by atoms with E-state index in [2.05, 4.69) is 0 Å². The molecule has 1 saturated heterocycles. The van der Waals surface area contributed by atoms with Crippen LogP contribution in [-0.4, -0.2) is 35.7 Å². The van der Waals surface area contributed by atoms with E-state index < -0.39 is 33.9 Å². The molecule has 0 aromatic heterocycles. The van der Waals surface area contributed by atoms with Gasteiger partial charge in [0.25, 0.3) is 10.0 Å². The van der Waals surface area contributed by atoms with E-state index in [9.17, 15) is 23.1 Å². The lowest BCUT2D eigenvalue weighted by Gasteiger charge is -2.21. The minimum atomic E-state index is -4.14. The number of hydrogen-bond acceptors (Lipinski definition) is 4. The van der Waals surface area contributed by atoms with Gasteiger partial charge < -0.3 is 5.11 Å². The van der Waals surface area contributed by atoms with Crippen LogP contribution in [0.5, 0.6) is 0 Å². The quantitative estimate of drug-likeness (QED) is 0.907. The zero-order valence-electron chi connectivity index (χ0n) is 11.8. The molecule has 114 valence electrons. The van der Waals surface area contributed by atoms with E-state index in [1.165, 1.54) is 12.1 Å². The van der Waals surface area contributed by atoms with E-state index in [0.717, 1.165) is 5.56 Å². The molecule has 1 heterocycles. The van der Waals surface area contributed by atoms with E-state index >= 15 is 0 Å². The van der Waals surface area contributed by atoms with Crippen LogP contribution in [0.25, 0.3) is 0 Å². The van der Waals surface area contributed by atoms with Crippen molar-refractivity contribution >= 4 is 21.9 Å². The Bertz CT molecular complexity index is 665. The Morgan fingerprint density at radius 2 is 1.90 bits per heavy atom. The first kappa shape index (κ1) is 15.5. The van der Waals surface area contributed by atoms with Crippen molar-refractivity contribution in [2.75, 3.05) is 0 Å². The number of amides is 1. The molecule has 21 heavy (non-hydrogen) atoms. The molecule has 2 atom stereocenters. The number of aliphatic carboxylic acids is 1. The van der Waals surface area contributed by atoms with Crippen LogP contribution >= 0.6 is 0 Å². The maximum Gasteiger partial charge on any atom is 0.327 e. The number of carboxylic acid groups (broad SMARTS) is 1. The SMILES string of the molecule is CCC1CC(C(=O)O)N(S(=O)(=O)c2ccc(C)cc2)C1=O. The zero-order chi connectivity index (χ0) is 15.8.